The van der Waals surface area contributed by atoms with E-state index in [1.165, 1.54) is 12.0 Å². The Hall–Kier alpha value is -1.68. The maximum Gasteiger partial charge on any atom is 0.191 e. The predicted octanol–water partition coefficient (Wildman–Crippen LogP) is 3.40. The first kappa shape index (κ1) is 25.4. The number of halogens is 1. The van der Waals surface area contributed by atoms with E-state index in [9.17, 15) is 0 Å². The molecule has 0 amide bonds. The van der Waals surface area contributed by atoms with E-state index >= 15 is 0 Å². The topological polar surface area (TPSA) is 76.4 Å². The van der Waals surface area contributed by atoms with Crippen LogP contribution in [0.3, 0.4) is 0 Å². The number of benzene rings is 1. The summed E-state index contributed by atoms with van der Waals surface area (Å²) < 4.78 is 7.70. The summed E-state index contributed by atoms with van der Waals surface area (Å²) in [4.78, 5) is 4.72. The third-order valence-corrected chi connectivity index (χ3v) is 4.32. The molecule has 1 aromatic carbocycles. The minimum atomic E-state index is 0. The smallest absolute Gasteiger partial charge is 0.191 e. The number of hydrogen-bond acceptors (Lipinski definition) is 4. The van der Waals surface area contributed by atoms with Crippen LogP contribution < -0.4 is 10.6 Å². The lowest BCUT2D eigenvalue weighted by atomic mass is 10.2. The number of aryl methyl sites for hydroxylation is 1. The predicted molar refractivity (Wildman–Crippen MR) is 129 cm³/mol. The fourth-order valence-electron chi connectivity index (χ4n) is 2.69. The number of guanidine groups is 1. The van der Waals surface area contributed by atoms with Gasteiger partial charge in [-0.25, -0.2) is 4.99 Å². The van der Waals surface area contributed by atoms with Gasteiger partial charge < -0.3 is 19.9 Å². The van der Waals surface area contributed by atoms with Crippen molar-refractivity contribution in [3.63, 3.8) is 0 Å². The first-order chi connectivity index (χ1) is 13.8. The Kier molecular flexibility index (Phi) is 14.1. The highest BCUT2D eigenvalue weighted by molar-refractivity contribution is 14.0. The van der Waals surface area contributed by atoms with E-state index in [0.29, 0.717) is 6.54 Å². The van der Waals surface area contributed by atoms with Crippen LogP contribution in [0.15, 0.2) is 41.7 Å². The van der Waals surface area contributed by atoms with Crippen molar-refractivity contribution in [1.29, 1.82) is 0 Å². The summed E-state index contributed by atoms with van der Waals surface area (Å²) in [6, 6.07) is 10.3. The normalized spacial score (nSPS) is 11.2. The van der Waals surface area contributed by atoms with E-state index in [1.807, 2.05) is 18.2 Å². The van der Waals surface area contributed by atoms with Crippen LogP contribution >= 0.6 is 24.0 Å². The average molecular weight is 514 g/mol. The third-order valence-electron chi connectivity index (χ3n) is 4.32. The van der Waals surface area contributed by atoms with Gasteiger partial charge in [-0.05, 0) is 18.4 Å². The van der Waals surface area contributed by atoms with Gasteiger partial charge in [0, 0.05) is 39.3 Å². The molecule has 162 valence electrons. The molecule has 7 nitrogen and oxygen atoms in total. The molecule has 0 aliphatic rings. The zero-order valence-corrected chi connectivity index (χ0v) is 20.0. The zero-order valence-electron chi connectivity index (χ0n) is 17.6. The summed E-state index contributed by atoms with van der Waals surface area (Å²) >= 11 is 0. The highest BCUT2D eigenvalue weighted by Gasteiger charge is 2.03. The first-order valence-electron chi connectivity index (χ1n) is 10.3. The fourth-order valence-corrected chi connectivity index (χ4v) is 2.69. The summed E-state index contributed by atoms with van der Waals surface area (Å²) in [6.07, 6.45) is 5.92. The van der Waals surface area contributed by atoms with Crippen molar-refractivity contribution in [2.75, 3.05) is 26.3 Å². The second-order valence-corrected chi connectivity index (χ2v) is 6.62. The van der Waals surface area contributed by atoms with E-state index in [4.69, 9.17) is 9.73 Å². The molecule has 1 heterocycles. The summed E-state index contributed by atoms with van der Waals surface area (Å²) in [5, 5.41) is 14.9. The van der Waals surface area contributed by atoms with E-state index in [2.05, 4.69) is 51.4 Å². The molecule has 2 rings (SSSR count). The largest absolute Gasteiger partial charge is 0.381 e. The fraction of sp³-hybridized carbons (Fsp3) is 0.571. The molecule has 0 aliphatic heterocycles. The third kappa shape index (κ3) is 10.6. The lowest BCUT2D eigenvalue weighted by Crippen LogP contribution is -2.39. The van der Waals surface area contributed by atoms with Crippen LogP contribution in [0.2, 0.25) is 0 Å². The molecule has 29 heavy (non-hydrogen) atoms. The molecule has 0 saturated carbocycles. The lowest BCUT2D eigenvalue weighted by Gasteiger charge is -2.13. The SMILES string of the molecule is CCCCOCCCNC(=NCc1ccccc1)NCCn1cnnc1CC.I. The molecule has 1 aromatic heterocycles. The van der Waals surface area contributed by atoms with Crippen LogP contribution in [-0.2, 0) is 24.2 Å². The number of nitrogens with one attached hydrogen (secondary N) is 2. The highest BCUT2D eigenvalue weighted by Crippen LogP contribution is 2.00. The van der Waals surface area contributed by atoms with Gasteiger partial charge in [0.05, 0.1) is 6.54 Å². The van der Waals surface area contributed by atoms with Gasteiger partial charge in [0.25, 0.3) is 0 Å². The number of ether oxygens (including phenoxy) is 1. The molecule has 0 saturated heterocycles. The maximum absolute atomic E-state index is 5.62. The van der Waals surface area contributed by atoms with Gasteiger partial charge in [-0.1, -0.05) is 50.6 Å². The molecule has 0 bridgehead atoms. The molecule has 0 unspecified atom stereocenters. The lowest BCUT2D eigenvalue weighted by molar-refractivity contribution is 0.129. The Morgan fingerprint density at radius 1 is 1.07 bits per heavy atom. The quantitative estimate of drug-likeness (QED) is 0.186. The number of aromatic nitrogens is 3. The summed E-state index contributed by atoms with van der Waals surface area (Å²) in [7, 11) is 0. The molecular weight excluding hydrogens is 479 g/mol. The first-order valence-corrected chi connectivity index (χ1v) is 10.3. The molecule has 2 aromatic rings. The number of rotatable bonds is 13. The van der Waals surface area contributed by atoms with Crippen LogP contribution in [0.4, 0.5) is 0 Å². The number of unbranched alkanes of at least 4 members (excludes halogenated alkanes) is 1. The second-order valence-electron chi connectivity index (χ2n) is 6.62. The average Bonchev–Trinajstić information content (AvgIpc) is 3.19. The van der Waals surface area contributed by atoms with E-state index in [-0.39, 0.29) is 24.0 Å². The van der Waals surface area contributed by atoms with Crippen molar-refractivity contribution in [1.82, 2.24) is 25.4 Å². The number of nitrogens with zero attached hydrogens (tertiary/aromatic N) is 4. The van der Waals surface area contributed by atoms with Gasteiger partial charge in [-0.15, -0.1) is 34.2 Å². The minimum Gasteiger partial charge on any atom is -0.381 e. The van der Waals surface area contributed by atoms with Crippen LogP contribution in [0.25, 0.3) is 0 Å². The van der Waals surface area contributed by atoms with Crippen molar-refractivity contribution in [3.8, 4) is 0 Å². The Morgan fingerprint density at radius 3 is 2.59 bits per heavy atom. The van der Waals surface area contributed by atoms with Crippen molar-refractivity contribution < 1.29 is 4.74 Å². The zero-order chi connectivity index (χ0) is 19.9. The molecular formula is C21H35IN6O. The standard InChI is InChI=1S/C21H34N6O.HI/c1-3-5-15-28-16-9-12-22-21(24-17-19-10-7-6-8-11-19)23-13-14-27-18-25-26-20(27)4-2;/h6-8,10-11,18H,3-5,9,12-17H2,1-2H3,(H2,22,23,24);1H. The summed E-state index contributed by atoms with van der Waals surface area (Å²) in [6.45, 7) is 8.94. The summed E-state index contributed by atoms with van der Waals surface area (Å²) in [5.74, 6) is 1.82. The number of hydrogen-bond donors (Lipinski definition) is 2. The molecule has 0 aliphatic carbocycles. The van der Waals surface area contributed by atoms with Gasteiger partial charge in [-0.2, -0.15) is 0 Å². The van der Waals surface area contributed by atoms with Crippen LogP contribution in [0.1, 0.15) is 44.5 Å². The van der Waals surface area contributed by atoms with Crippen molar-refractivity contribution >= 4 is 29.9 Å². The van der Waals surface area contributed by atoms with E-state index in [0.717, 1.165) is 63.9 Å². The van der Waals surface area contributed by atoms with Gasteiger partial charge in [0.2, 0.25) is 0 Å². The molecule has 0 fully saturated rings. The van der Waals surface area contributed by atoms with Crippen molar-refractivity contribution in [2.24, 2.45) is 4.99 Å². The Morgan fingerprint density at radius 2 is 1.83 bits per heavy atom. The highest BCUT2D eigenvalue weighted by atomic mass is 127. The Balaban J connectivity index is 0.00000420. The van der Waals surface area contributed by atoms with E-state index < -0.39 is 0 Å². The van der Waals surface area contributed by atoms with Crippen LogP contribution in [0, 0.1) is 0 Å². The van der Waals surface area contributed by atoms with Crippen molar-refractivity contribution in [2.45, 2.75) is 52.6 Å². The molecule has 0 atom stereocenters. The number of aliphatic imine (C=N–C) groups is 1. The maximum atomic E-state index is 5.62. The van der Waals surface area contributed by atoms with Gasteiger partial charge >= 0.3 is 0 Å². The van der Waals surface area contributed by atoms with Gasteiger partial charge in [-0.3, -0.25) is 0 Å². The molecule has 2 N–H and O–H groups in total. The second kappa shape index (κ2) is 16.2. The molecule has 0 spiro atoms. The molecule has 0 radical (unpaired) electrons. The van der Waals surface area contributed by atoms with Crippen LogP contribution in [0.5, 0.6) is 0 Å². The van der Waals surface area contributed by atoms with Crippen LogP contribution in [-0.4, -0.2) is 47.0 Å². The monoisotopic (exact) mass is 514 g/mol. The minimum absolute atomic E-state index is 0. The Labute approximate surface area is 191 Å². The molecule has 8 heteroatoms. The van der Waals surface area contributed by atoms with Gasteiger partial charge in [0.1, 0.15) is 12.2 Å². The van der Waals surface area contributed by atoms with E-state index in [1.54, 1.807) is 6.33 Å². The summed E-state index contributed by atoms with van der Waals surface area (Å²) in [5.41, 5.74) is 1.19. The Bertz CT molecular complexity index is 677. The van der Waals surface area contributed by atoms with Gasteiger partial charge in [0.15, 0.2) is 5.96 Å². The van der Waals surface area contributed by atoms with Crippen molar-refractivity contribution in [3.05, 3.63) is 48.0 Å².